The maximum Gasteiger partial charge on any atom is 0.240 e. The summed E-state index contributed by atoms with van der Waals surface area (Å²) in [4.78, 5) is 15.1. The largest absolute Gasteiger partial charge is 0.326 e. The fraction of sp³-hybridized carbons (Fsp3) is 0.458. The van der Waals surface area contributed by atoms with Gasteiger partial charge in [-0.2, -0.15) is 11.8 Å². The van der Waals surface area contributed by atoms with Crippen molar-refractivity contribution in [3.63, 3.8) is 0 Å². The van der Waals surface area contributed by atoms with Gasteiger partial charge in [-0.3, -0.25) is 9.69 Å². The number of carbonyl (C=O) groups is 1. The Balaban J connectivity index is 1.27. The summed E-state index contributed by atoms with van der Waals surface area (Å²) in [6.45, 7) is 3.12. The molecule has 1 saturated heterocycles. The summed E-state index contributed by atoms with van der Waals surface area (Å²) in [7, 11) is -3.62. The van der Waals surface area contributed by atoms with Crippen molar-refractivity contribution in [1.82, 2.24) is 9.62 Å². The van der Waals surface area contributed by atoms with Crippen molar-refractivity contribution in [3.8, 4) is 0 Å². The minimum atomic E-state index is -3.62. The maximum atomic E-state index is 12.6. The number of nitrogens with zero attached hydrogens (tertiary/aromatic N) is 1. The summed E-state index contributed by atoms with van der Waals surface area (Å²) in [5.41, 5.74) is 4.29. The van der Waals surface area contributed by atoms with Crippen molar-refractivity contribution in [2.45, 2.75) is 43.5 Å². The van der Waals surface area contributed by atoms with E-state index in [1.54, 1.807) is 12.1 Å². The van der Waals surface area contributed by atoms with Crippen LogP contribution in [0.2, 0.25) is 0 Å². The van der Waals surface area contributed by atoms with E-state index in [4.69, 9.17) is 0 Å². The molecule has 2 aliphatic rings. The molecule has 2 aromatic carbocycles. The van der Waals surface area contributed by atoms with Gasteiger partial charge >= 0.3 is 0 Å². The van der Waals surface area contributed by atoms with E-state index in [1.807, 2.05) is 36.0 Å². The zero-order valence-electron chi connectivity index (χ0n) is 18.3. The second kappa shape index (κ2) is 10.8. The van der Waals surface area contributed by atoms with E-state index in [0.717, 1.165) is 68.1 Å². The zero-order chi connectivity index (χ0) is 22.4. The molecule has 8 heteroatoms. The number of hydrogen-bond acceptors (Lipinski definition) is 5. The Hall–Kier alpha value is -1.87. The Morgan fingerprint density at radius 2 is 1.78 bits per heavy atom. The molecule has 0 saturated carbocycles. The molecule has 4 rings (SSSR count). The van der Waals surface area contributed by atoms with E-state index in [2.05, 4.69) is 21.0 Å². The topological polar surface area (TPSA) is 78.5 Å². The standard InChI is InChI=1S/C24H31N3O3S2/c28-24(26-22-7-3-4-19(16-22)18-27-12-14-31-15-13-27)10-11-25-32(29,30)23-9-8-20-5-1-2-6-21(20)17-23/h3-4,7-9,16-17,25H,1-2,5-6,10-15,18H2,(H,26,28). The third-order valence-corrected chi connectivity index (χ3v) is 8.40. The van der Waals surface area contributed by atoms with Gasteiger partial charge in [-0.15, -0.1) is 0 Å². The van der Waals surface area contributed by atoms with Crippen molar-refractivity contribution in [2.75, 3.05) is 36.5 Å². The average Bonchev–Trinajstić information content (AvgIpc) is 2.79. The lowest BCUT2D eigenvalue weighted by atomic mass is 9.92. The molecule has 2 aromatic rings. The first-order valence-corrected chi connectivity index (χ1v) is 13.9. The van der Waals surface area contributed by atoms with Crippen molar-refractivity contribution in [1.29, 1.82) is 0 Å². The van der Waals surface area contributed by atoms with Crippen LogP contribution in [0, 0.1) is 0 Å². The Morgan fingerprint density at radius 1 is 1.00 bits per heavy atom. The Morgan fingerprint density at radius 3 is 2.59 bits per heavy atom. The van der Waals surface area contributed by atoms with Gasteiger partial charge in [0.25, 0.3) is 0 Å². The minimum absolute atomic E-state index is 0.0659. The lowest BCUT2D eigenvalue weighted by Gasteiger charge is -2.26. The molecule has 1 heterocycles. The second-order valence-corrected chi connectivity index (χ2v) is 11.4. The van der Waals surface area contributed by atoms with Crippen LogP contribution in [-0.2, 0) is 34.2 Å². The molecule has 6 nitrogen and oxygen atoms in total. The molecule has 0 atom stereocenters. The van der Waals surface area contributed by atoms with E-state index in [0.29, 0.717) is 0 Å². The maximum absolute atomic E-state index is 12.6. The number of aryl methyl sites for hydroxylation is 2. The number of rotatable bonds is 8. The lowest BCUT2D eigenvalue weighted by Crippen LogP contribution is -2.32. The van der Waals surface area contributed by atoms with E-state index >= 15 is 0 Å². The van der Waals surface area contributed by atoms with Crippen LogP contribution in [0.3, 0.4) is 0 Å². The molecule has 2 N–H and O–H groups in total. The van der Waals surface area contributed by atoms with Gasteiger partial charge < -0.3 is 5.32 Å². The number of nitrogens with one attached hydrogen (secondary N) is 2. The smallest absolute Gasteiger partial charge is 0.240 e. The first-order valence-electron chi connectivity index (χ1n) is 11.3. The van der Waals surface area contributed by atoms with Crippen molar-refractivity contribution in [2.24, 2.45) is 0 Å². The molecule has 1 aliphatic heterocycles. The highest BCUT2D eigenvalue weighted by Crippen LogP contribution is 2.24. The molecule has 0 radical (unpaired) electrons. The summed E-state index contributed by atoms with van der Waals surface area (Å²) in [6, 6.07) is 13.3. The normalized spacial score (nSPS) is 17.0. The van der Waals surface area contributed by atoms with Gasteiger partial charge in [0.15, 0.2) is 0 Å². The van der Waals surface area contributed by atoms with Crippen LogP contribution in [0.5, 0.6) is 0 Å². The summed E-state index contributed by atoms with van der Waals surface area (Å²) in [6.07, 6.45) is 4.28. The molecule has 1 fully saturated rings. The van der Waals surface area contributed by atoms with Crippen molar-refractivity contribution in [3.05, 3.63) is 59.2 Å². The molecule has 1 aliphatic carbocycles. The zero-order valence-corrected chi connectivity index (χ0v) is 19.9. The Labute approximate surface area is 195 Å². The van der Waals surface area contributed by atoms with Crippen LogP contribution < -0.4 is 10.0 Å². The van der Waals surface area contributed by atoms with Crippen molar-refractivity contribution >= 4 is 33.4 Å². The number of hydrogen-bond donors (Lipinski definition) is 2. The highest BCUT2D eigenvalue weighted by Gasteiger charge is 2.18. The monoisotopic (exact) mass is 473 g/mol. The molecule has 0 bridgehead atoms. The number of sulfonamides is 1. The third-order valence-electron chi connectivity index (χ3n) is 6.00. The van der Waals surface area contributed by atoms with Crippen LogP contribution in [0.25, 0.3) is 0 Å². The van der Waals surface area contributed by atoms with Gasteiger partial charge in [-0.25, -0.2) is 13.1 Å². The summed E-state index contributed by atoms with van der Waals surface area (Å²) in [5.74, 6) is 2.12. The van der Waals surface area contributed by atoms with E-state index in [1.165, 1.54) is 11.1 Å². The van der Waals surface area contributed by atoms with Gasteiger partial charge in [0, 0.05) is 49.8 Å². The summed E-state index contributed by atoms with van der Waals surface area (Å²) in [5, 5.41) is 2.89. The molecule has 172 valence electrons. The fourth-order valence-electron chi connectivity index (χ4n) is 4.25. The third kappa shape index (κ3) is 6.34. The number of anilines is 1. The summed E-state index contributed by atoms with van der Waals surface area (Å²) >= 11 is 1.99. The van der Waals surface area contributed by atoms with Gasteiger partial charge in [0.1, 0.15) is 0 Å². The van der Waals surface area contributed by atoms with Gasteiger partial charge in [0.2, 0.25) is 15.9 Å². The van der Waals surface area contributed by atoms with Crippen LogP contribution in [0.1, 0.15) is 36.0 Å². The number of benzene rings is 2. The SMILES string of the molecule is O=C(CCNS(=O)(=O)c1ccc2c(c1)CCCC2)Nc1cccc(CN2CCSCC2)c1. The minimum Gasteiger partial charge on any atom is -0.326 e. The van der Waals surface area contributed by atoms with E-state index in [9.17, 15) is 13.2 Å². The van der Waals surface area contributed by atoms with Crippen LogP contribution >= 0.6 is 11.8 Å². The molecular formula is C24H31N3O3S2. The molecule has 1 amide bonds. The second-order valence-electron chi connectivity index (χ2n) is 8.42. The Bertz CT molecular complexity index is 1050. The highest BCUT2D eigenvalue weighted by molar-refractivity contribution is 7.99. The van der Waals surface area contributed by atoms with Gasteiger partial charge in [-0.05, 0) is 66.6 Å². The number of carbonyl (C=O) groups excluding carboxylic acids is 1. The number of amides is 1. The van der Waals surface area contributed by atoms with E-state index < -0.39 is 10.0 Å². The number of thioether (sulfide) groups is 1. The number of fused-ring (bicyclic) bond motifs is 1. The first-order chi connectivity index (χ1) is 15.5. The Kier molecular flexibility index (Phi) is 7.88. The predicted molar refractivity (Wildman–Crippen MR) is 131 cm³/mol. The van der Waals surface area contributed by atoms with Crippen LogP contribution in [-0.4, -0.2) is 50.4 Å². The average molecular weight is 474 g/mol. The van der Waals surface area contributed by atoms with Crippen LogP contribution in [0.15, 0.2) is 47.4 Å². The quantitative estimate of drug-likeness (QED) is 0.614. The van der Waals surface area contributed by atoms with Crippen molar-refractivity contribution < 1.29 is 13.2 Å². The fourth-order valence-corrected chi connectivity index (χ4v) is 6.31. The highest BCUT2D eigenvalue weighted by atomic mass is 32.2. The van der Waals surface area contributed by atoms with Gasteiger partial charge in [-0.1, -0.05) is 18.2 Å². The molecular weight excluding hydrogens is 442 g/mol. The first kappa shape index (κ1) is 23.3. The predicted octanol–water partition coefficient (Wildman–Crippen LogP) is 3.42. The van der Waals surface area contributed by atoms with Crippen LogP contribution in [0.4, 0.5) is 5.69 Å². The molecule has 0 spiro atoms. The molecule has 0 unspecified atom stereocenters. The molecule has 32 heavy (non-hydrogen) atoms. The lowest BCUT2D eigenvalue weighted by molar-refractivity contribution is -0.116. The molecule has 0 aromatic heterocycles. The van der Waals surface area contributed by atoms with Gasteiger partial charge in [0.05, 0.1) is 4.90 Å². The summed E-state index contributed by atoms with van der Waals surface area (Å²) < 4.78 is 27.9. The van der Waals surface area contributed by atoms with E-state index in [-0.39, 0.29) is 23.8 Å².